The van der Waals surface area contributed by atoms with Crippen molar-refractivity contribution >= 4 is 43.9 Å². The van der Waals surface area contributed by atoms with Gasteiger partial charge in [0.15, 0.2) is 5.82 Å². The Bertz CT molecular complexity index is 2860. The molecule has 0 aliphatic carbocycles. The molecule has 0 atom stereocenters. The topological polar surface area (TPSA) is 52.1 Å². The molecule has 10 rings (SSSR count). The van der Waals surface area contributed by atoms with E-state index in [-0.39, 0.29) is 0 Å². The molecule has 3 heterocycles. The highest BCUT2D eigenvalue weighted by Gasteiger charge is 2.14. The van der Waals surface area contributed by atoms with Crippen LogP contribution < -0.4 is 0 Å². The minimum atomic E-state index is 0.691. The number of benzene rings is 7. The van der Waals surface area contributed by atoms with E-state index in [1.165, 1.54) is 0 Å². The van der Waals surface area contributed by atoms with Crippen molar-refractivity contribution in [1.82, 2.24) is 9.97 Å². The van der Waals surface area contributed by atoms with Crippen LogP contribution in [0.1, 0.15) is 0 Å². The molecule has 0 unspecified atom stereocenters. The van der Waals surface area contributed by atoms with Gasteiger partial charge in [-0.15, -0.1) is 0 Å². The van der Waals surface area contributed by atoms with Gasteiger partial charge in [-0.05, 0) is 70.8 Å². The molecule has 0 bridgehead atoms. The molecule has 10 aromatic rings. The van der Waals surface area contributed by atoms with Crippen LogP contribution in [0.2, 0.25) is 0 Å². The van der Waals surface area contributed by atoms with E-state index in [1.807, 2.05) is 42.5 Å². The van der Waals surface area contributed by atoms with Gasteiger partial charge in [0.2, 0.25) is 0 Å². The monoisotopic (exact) mass is 640 g/mol. The van der Waals surface area contributed by atoms with Gasteiger partial charge in [0.1, 0.15) is 22.3 Å². The highest BCUT2D eigenvalue weighted by Crippen LogP contribution is 2.36. The first kappa shape index (κ1) is 28.3. The van der Waals surface area contributed by atoms with Crippen molar-refractivity contribution in [3.05, 3.63) is 170 Å². The van der Waals surface area contributed by atoms with Gasteiger partial charge < -0.3 is 8.83 Å². The molecule has 4 nitrogen and oxygen atoms in total. The summed E-state index contributed by atoms with van der Waals surface area (Å²) >= 11 is 0. The Morgan fingerprint density at radius 1 is 0.280 bits per heavy atom. The van der Waals surface area contributed by atoms with Gasteiger partial charge in [0.25, 0.3) is 0 Å². The zero-order valence-corrected chi connectivity index (χ0v) is 26.9. The van der Waals surface area contributed by atoms with E-state index in [9.17, 15) is 0 Å². The van der Waals surface area contributed by atoms with Crippen LogP contribution in [-0.2, 0) is 0 Å². The van der Waals surface area contributed by atoms with Crippen molar-refractivity contribution in [1.29, 1.82) is 0 Å². The van der Waals surface area contributed by atoms with E-state index < -0.39 is 0 Å². The van der Waals surface area contributed by atoms with Gasteiger partial charge in [-0.2, -0.15) is 0 Å². The summed E-state index contributed by atoms with van der Waals surface area (Å²) in [6, 6.07) is 58.6. The van der Waals surface area contributed by atoms with Crippen LogP contribution in [0, 0.1) is 0 Å². The summed E-state index contributed by atoms with van der Waals surface area (Å²) < 4.78 is 12.1. The first-order valence-corrected chi connectivity index (χ1v) is 16.7. The van der Waals surface area contributed by atoms with E-state index in [4.69, 9.17) is 18.8 Å². The fourth-order valence-electron chi connectivity index (χ4n) is 6.96. The van der Waals surface area contributed by atoms with Crippen LogP contribution in [0.15, 0.2) is 179 Å². The molecule has 0 amide bonds. The van der Waals surface area contributed by atoms with Crippen molar-refractivity contribution < 1.29 is 8.83 Å². The number of hydrogen-bond acceptors (Lipinski definition) is 4. The molecule has 3 aromatic heterocycles. The minimum Gasteiger partial charge on any atom is -0.456 e. The fourth-order valence-corrected chi connectivity index (χ4v) is 6.96. The zero-order chi connectivity index (χ0) is 33.0. The number of fused-ring (bicyclic) bond motifs is 6. The van der Waals surface area contributed by atoms with Crippen LogP contribution in [0.3, 0.4) is 0 Å². The van der Waals surface area contributed by atoms with Gasteiger partial charge >= 0.3 is 0 Å². The standard InChI is InChI=1S/C46H28N2O2/c1-2-9-31(10-3-1)46-47-40(30-19-17-29(18-20-30)33-21-23-44-38(26-33)36-13-4-6-15-42(36)49-44)28-41(48-46)35-12-8-11-32(25-35)34-22-24-45-39(27-34)37-14-5-7-16-43(37)50-45/h1-28H. The molecule has 0 fully saturated rings. The van der Waals surface area contributed by atoms with Crippen molar-refractivity contribution in [3.63, 3.8) is 0 Å². The van der Waals surface area contributed by atoms with Crippen molar-refractivity contribution in [2.24, 2.45) is 0 Å². The molecule has 0 aliphatic rings. The zero-order valence-electron chi connectivity index (χ0n) is 26.9. The first-order valence-electron chi connectivity index (χ1n) is 16.7. The van der Waals surface area contributed by atoms with Gasteiger partial charge in [-0.25, -0.2) is 9.97 Å². The lowest BCUT2D eigenvalue weighted by molar-refractivity contribution is 0.668. The smallest absolute Gasteiger partial charge is 0.160 e. The molecule has 234 valence electrons. The van der Waals surface area contributed by atoms with Crippen LogP contribution in [0.5, 0.6) is 0 Å². The number of nitrogens with zero attached hydrogens (tertiary/aromatic N) is 2. The van der Waals surface area contributed by atoms with Gasteiger partial charge in [0, 0.05) is 38.2 Å². The maximum Gasteiger partial charge on any atom is 0.160 e. The molecule has 0 N–H and O–H groups in total. The van der Waals surface area contributed by atoms with Crippen LogP contribution in [0.25, 0.3) is 100 Å². The maximum absolute atomic E-state index is 6.09. The fraction of sp³-hybridized carbons (Fsp3) is 0. The Morgan fingerprint density at radius 3 is 1.40 bits per heavy atom. The van der Waals surface area contributed by atoms with Crippen LogP contribution >= 0.6 is 0 Å². The summed E-state index contributed by atoms with van der Waals surface area (Å²) in [5.41, 5.74) is 12.9. The molecule has 0 spiro atoms. The molecule has 4 heteroatoms. The second-order valence-corrected chi connectivity index (χ2v) is 12.6. The van der Waals surface area contributed by atoms with Gasteiger partial charge in [-0.1, -0.05) is 121 Å². The molecule has 7 aromatic carbocycles. The predicted octanol–water partition coefficient (Wildman–Crippen LogP) is 12.6. The average Bonchev–Trinajstić information content (AvgIpc) is 3.76. The third-order valence-electron chi connectivity index (χ3n) is 9.52. The Morgan fingerprint density at radius 2 is 0.740 bits per heavy atom. The van der Waals surface area contributed by atoms with E-state index in [1.54, 1.807) is 0 Å². The van der Waals surface area contributed by atoms with Crippen LogP contribution in [-0.4, -0.2) is 9.97 Å². The molecule has 0 saturated carbocycles. The molecule has 50 heavy (non-hydrogen) atoms. The summed E-state index contributed by atoms with van der Waals surface area (Å²) in [5.74, 6) is 0.691. The number of aromatic nitrogens is 2. The Hall–Kier alpha value is -6.78. The molecule has 0 aliphatic heterocycles. The lowest BCUT2D eigenvalue weighted by Gasteiger charge is -2.11. The lowest BCUT2D eigenvalue weighted by atomic mass is 9.98. The third kappa shape index (κ3) is 4.85. The van der Waals surface area contributed by atoms with E-state index in [0.717, 1.165) is 94.2 Å². The number of furan rings is 2. The summed E-state index contributed by atoms with van der Waals surface area (Å²) in [6.45, 7) is 0. The van der Waals surface area contributed by atoms with Gasteiger partial charge in [-0.3, -0.25) is 0 Å². The SMILES string of the molecule is c1ccc(-c2nc(-c3ccc(-c4ccc5oc6ccccc6c5c4)cc3)cc(-c3cccc(-c4ccc5oc6ccccc6c5c4)c3)n2)cc1. The molecule has 0 radical (unpaired) electrons. The van der Waals surface area contributed by atoms with E-state index in [0.29, 0.717) is 5.82 Å². The number of para-hydroxylation sites is 2. The normalized spacial score (nSPS) is 11.6. The maximum atomic E-state index is 6.09. The quantitative estimate of drug-likeness (QED) is 0.188. The summed E-state index contributed by atoms with van der Waals surface area (Å²) in [7, 11) is 0. The third-order valence-corrected chi connectivity index (χ3v) is 9.52. The molecular formula is C46H28N2O2. The average molecular weight is 641 g/mol. The number of rotatable bonds is 5. The molecular weight excluding hydrogens is 613 g/mol. The second kappa shape index (κ2) is 11.4. The Labute approximate surface area is 287 Å². The summed E-state index contributed by atoms with van der Waals surface area (Å²) in [6.07, 6.45) is 0. The Kier molecular flexibility index (Phi) is 6.46. The number of hydrogen-bond donors (Lipinski definition) is 0. The predicted molar refractivity (Wildman–Crippen MR) is 204 cm³/mol. The van der Waals surface area contributed by atoms with Crippen LogP contribution in [0.4, 0.5) is 0 Å². The summed E-state index contributed by atoms with van der Waals surface area (Å²) in [4.78, 5) is 10.2. The van der Waals surface area contributed by atoms with Gasteiger partial charge in [0.05, 0.1) is 11.4 Å². The highest BCUT2D eigenvalue weighted by atomic mass is 16.3. The van der Waals surface area contributed by atoms with E-state index in [2.05, 4.69) is 127 Å². The van der Waals surface area contributed by atoms with Crippen molar-refractivity contribution in [2.45, 2.75) is 0 Å². The van der Waals surface area contributed by atoms with Crippen molar-refractivity contribution in [3.8, 4) is 56.2 Å². The summed E-state index contributed by atoms with van der Waals surface area (Å²) in [5, 5.41) is 4.48. The largest absolute Gasteiger partial charge is 0.456 e. The second-order valence-electron chi connectivity index (χ2n) is 12.6. The first-order chi connectivity index (χ1) is 24.7. The van der Waals surface area contributed by atoms with Crippen molar-refractivity contribution in [2.75, 3.05) is 0 Å². The minimum absolute atomic E-state index is 0.691. The van der Waals surface area contributed by atoms with E-state index >= 15 is 0 Å². The molecule has 0 saturated heterocycles. The Balaban J connectivity index is 1.04. The lowest BCUT2D eigenvalue weighted by Crippen LogP contribution is -1.96. The highest BCUT2D eigenvalue weighted by molar-refractivity contribution is 6.07.